The molecule has 0 saturated heterocycles. The maximum absolute atomic E-state index is 12.5. The number of hydrogen-bond acceptors (Lipinski definition) is 6. The number of nitrogens with two attached hydrogens (primary N) is 3. The van der Waals surface area contributed by atoms with E-state index in [-0.39, 0.29) is 24.8 Å². The lowest BCUT2D eigenvalue weighted by atomic mass is 10.0. The quantitative estimate of drug-likeness (QED) is 0.103. The first-order valence-corrected chi connectivity index (χ1v) is 9.31. The average Bonchev–Trinajstić information content (AvgIpc) is 2.60. The normalized spacial score (nSPS) is 14.8. The van der Waals surface area contributed by atoms with Crippen LogP contribution in [0.2, 0.25) is 0 Å². The van der Waals surface area contributed by atoms with Crippen LogP contribution in [0.5, 0.6) is 0 Å². The number of guanidine groups is 1. The molecule has 0 aliphatic heterocycles. The molecule has 0 bridgehead atoms. The van der Waals surface area contributed by atoms with Crippen LogP contribution in [0.3, 0.4) is 0 Å². The minimum absolute atomic E-state index is 0.104. The Hall–Kier alpha value is -2.89. The molecule has 166 valence electrons. The second kappa shape index (κ2) is 12.5. The maximum Gasteiger partial charge on any atom is 0.326 e. The summed E-state index contributed by atoms with van der Waals surface area (Å²) in [6, 6.07) is -3.86. The topological polar surface area (TPSA) is 215 Å². The number of nitrogens with one attached hydrogen (secondary N) is 3. The van der Waals surface area contributed by atoms with Crippen molar-refractivity contribution in [2.45, 2.75) is 64.7 Å². The van der Waals surface area contributed by atoms with Gasteiger partial charge < -0.3 is 38.3 Å². The van der Waals surface area contributed by atoms with Gasteiger partial charge in [0.1, 0.15) is 18.1 Å². The first-order valence-electron chi connectivity index (χ1n) is 9.31. The lowest BCUT2D eigenvalue weighted by molar-refractivity contribution is -0.142. The zero-order valence-electron chi connectivity index (χ0n) is 17.3. The van der Waals surface area contributed by atoms with Gasteiger partial charge in [0, 0.05) is 6.54 Å². The Labute approximate surface area is 170 Å². The molecule has 10 N–H and O–H groups in total. The molecule has 0 aromatic carbocycles. The Morgan fingerprint density at radius 3 is 1.97 bits per heavy atom. The van der Waals surface area contributed by atoms with Gasteiger partial charge in [-0.3, -0.25) is 19.4 Å². The Balaban J connectivity index is 4.85. The fraction of sp³-hybridized carbons (Fsp3) is 0.706. The summed E-state index contributed by atoms with van der Waals surface area (Å²) < 4.78 is 0. The summed E-state index contributed by atoms with van der Waals surface area (Å²) in [5.74, 6) is -3.32. The first-order chi connectivity index (χ1) is 13.4. The van der Waals surface area contributed by atoms with Crippen LogP contribution in [0, 0.1) is 5.92 Å². The third-order valence-corrected chi connectivity index (χ3v) is 3.97. The van der Waals surface area contributed by atoms with Crippen molar-refractivity contribution < 1.29 is 24.3 Å². The van der Waals surface area contributed by atoms with Crippen LogP contribution in [0.15, 0.2) is 4.99 Å². The lowest BCUT2D eigenvalue weighted by Crippen LogP contribution is -2.57. The number of carboxylic acid groups (broad SMARTS) is 1. The van der Waals surface area contributed by atoms with Gasteiger partial charge in [-0.1, -0.05) is 13.8 Å². The number of aliphatic imine (C=N–C) groups is 1. The molecule has 3 amide bonds. The highest BCUT2D eigenvalue weighted by atomic mass is 16.4. The van der Waals surface area contributed by atoms with Gasteiger partial charge >= 0.3 is 5.97 Å². The van der Waals surface area contributed by atoms with Gasteiger partial charge in [-0.15, -0.1) is 0 Å². The van der Waals surface area contributed by atoms with E-state index < -0.39 is 47.9 Å². The molecule has 0 spiro atoms. The van der Waals surface area contributed by atoms with Crippen molar-refractivity contribution in [2.24, 2.45) is 28.1 Å². The molecule has 0 aromatic heterocycles. The van der Waals surface area contributed by atoms with E-state index >= 15 is 0 Å². The van der Waals surface area contributed by atoms with Crippen LogP contribution < -0.4 is 33.2 Å². The minimum atomic E-state index is -1.22. The summed E-state index contributed by atoms with van der Waals surface area (Å²) in [5.41, 5.74) is 15.9. The fourth-order valence-corrected chi connectivity index (χ4v) is 2.25. The summed E-state index contributed by atoms with van der Waals surface area (Å²) in [4.78, 5) is 51.6. The van der Waals surface area contributed by atoms with Gasteiger partial charge in [-0.05, 0) is 32.6 Å². The van der Waals surface area contributed by atoms with Gasteiger partial charge in [0.25, 0.3) is 0 Å². The molecule has 12 nitrogen and oxygen atoms in total. The molecule has 12 heteroatoms. The molecule has 0 saturated carbocycles. The van der Waals surface area contributed by atoms with Crippen molar-refractivity contribution in [1.29, 1.82) is 0 Å². The number of amides is 3. The SMILES string of the molecule is CC(N)C(=O)NC(C(=O)NC(C)C(=O)NC(CCCN=C(N)N)C(=O)O)C(C)C. The van der Waals surface area contributed by atoms with Crippen molar-refractivity contribution in [3.05, 3.63) is 0 Å². The second-order valence-corrected chi connectivity index (χ2v) is 7.10. The number of nitrogens with zero attached hydrogens (tertiary/aromatic N) is 1. The van der Waals surface area contributed by atoms with Crippen molar-refractivity contribution in [1.82, 2.24) is 16.0 Å². The summed E-state index contributed by atoms with van der Waals surface area (Å²) in [6.45, 7) is 6.58. The number of carbonyl (C=O) groups is 4. The van der Waals surface area contributed by atoms with Crippen molar-refractivity contribution in [3.8, 4) is 0 Å². The Bertz CT molecular complexity index is 617. The molecule has 0 fully saturated rings. The van der Waals surface area contributed by atoms with Crippen molar-refractivity contribution in [3.63, 3.8) is 0 Å². The van der Waals surface area contributed by atoms with Gasteiger partial charge in [0.2, 0.25) is 17.7 Å². The number of hydrogen-bond donors (Lipinski definition) is 7. The van der Waals surface area contributed by atoms with Crippen molar-refractivity contribution in [2.75, 3.05) is 6.54 Å². The van der Waals surface area contributed by atoms with Crippen LogP contribution in [0.1, 0.15) is 40.5 Å². The van der Waals surface area contributed by atoms with E-state index in [1.54, 1.807) is 13.8 Å². The van der Waals surface area contributed by atoms with Crippen LogP contribution in [0.25, 0.3) is 0 Å². The van der Waals surface area contributed by atoms with E-state index in [2.05, 4.69) is 20.9 Å². The highest BCUT2D eigenvalue weighted by Crippen LogP contribution is 2.04. The van der Waals surface area contributed by atoms with Gasteiger partial charge in [-0.25, -0.2) is 4.79 Å². The van der Waals surface area contributed by atoms with Gasteiger partial charge in [0.05, 0.1) is 6.04 Å². The number of carboxylic acids is 1. The molecule has 0 heterocycles. The second-order valence-electron chi connectivity index (χ2n) is 7.10. The van der Waals surface area contributed by atoms with Crippen LogP contribution >= 0.6 is 0 Å². The van der Waals surface area contributed by atoms with Crippen LogP contribution in [0.4, 0.5) is 0 Å². The Morgan fingerprint density at radius 1 is 0.931 bits per heavy atom. The van der Waals surface area contributed by atoms with E-state index in [1.807, 2.05) is 0 Å². The van der Waals surface area contributed by atoms with Gasteiger partial charge in [0.15, 0.2) is 5.96 Å². The molecule has 0 rings (SSSR count). The van der Waals surface area contributed by atoms with Gasteiger partial charge in [-0.2, -0.15) is 0 Å². The fourth-order valence-electron chi connectivity index (χ4n) is 2.25. The summed E-state index contributed by atoms with van der Waals surface area (Å²) in [5, 5.41) is 16.6. The number of rotatable bonds is 12. The highest BCUT2D eigenvalue weighted by molar-refractivity contribution is 5.93. The van der Waals surface area contributed by atoms with Crippen LogP contribution in [-0.4, -0.2) is 65.5 Å². The number of aliphatic carboxylic acids is 1. The average molecular weight is 415 g/mol. The zero-order chi connectivity index (χ0) is 22.7. The van der Waals surface area contributed by atoms with E-state index in [4.69, 9.17) is 17.2 Å². The Morgan fingerprint density at radius 2 is 1.52 bits per heavy atom. The summed E-state index contributed by atoms with van der Waals surface area (Å²) >= 11 is 0. The largest absolute Gasteiger partial charge is 0.480 e. The van der Waals surface area contributed by atoms with E-state index in [0.29, 0.717) is 6.42 Å². The lowest BCUT2D eigenvalue weighted by Gasteiger charge is -2.25. The molecule has 4 atom stereocenters. The molecule has 0 aromatic rings. The smallest absolute Gasteiger partial charge is 0.326 e. The van der Waals surface area contributed by atoms with Crippen LogP contribution in [-0.2, 0) is 19.2 Å². The first kappa shape index (κ1) is 26.1. The minimum Gasteiger partial charge on any atom is -0.480 e. The predicted octanol–water partition coefficient (Wildman–Crippen LogP) is -2.40. The maximum atomic E-state index is 12.5. The van der Waals surface area contributed by atoms with Crippen molar-refractivity contribution >= 4 is 29.7 Å². The molecular weight excluding hydrogens is 382 g/mol. The third kappa shape index (κ3) is 10.3. The third-order valence-electron chi connectivity index (χ3n) is 3.97. The molecule has 4 unspecified atom stereocenters. The molecule has 29 heavy (non-hydrogen) atoms. The molecular formula is C17H33N7O5. The summed E-state index contributed by atoms with van der Waals surface area (Å²) in [6.07, 6.45) is 0.451. The number of carbonyl (C=O) groups excluding carboxylic acids is 3. The highest BCUT2D eigenvalue weighted by Gasteiger charge is 2.29. The standard InChI is InChI=1S/C17H33N7O5/c1-8(2)12(24-13(25)9(3)18)15(27)22-10(4)14(26)23-11(16(28)29)6-5-7-21-17(19)20/h8-12H,5-7,18H2,1-4H3,(H,22,27)(H,23,26)(H,24,25)(H,28,29)(H4,19,20,21). The zero-order valence-corrected chi connectivity index (χ0v) is 17.3. The summed E-state index contributed by atoms with van der Waals surface area (Å²) in [7, 11) is 0. The monoisotopic (exact) mass is 415 g/mol. The van der Waals surface area contributed by atoms with E-state index in [9.17, 15) is 24.3 Å². The van der Waals surface area contributed by atoms with E-state index in [0.717, 1.165) is 0 Å². The molecule has 0 radical (unpaired) electrons. The van der Waals surface area contributed by atoms with E-state index in [1.165, 1.54) is 13.8 Å². The molecule has 0 aliphatic carbocycles. The predicted molar refractivity (Wildman–Crippen MR) is 108 cm³/mol. The Kier molecular flexibility index (Phi) is 11.3. The molecule has 0 aliphatic rings.